The number of nitro benzene ring substituents is 1. The first-order valence-corrected chi connectivity index (χ1v) is 8.39. The molecule has 3 rings (SSSR count). The quantitative estimate of drug-likeness (QED) is 0.358. The molecule has 0 radical (unpaired) electrons. The van der Waals surface area contributed by atoms with Crippen LogP contribution in [0.2, 0.25) is 0 Å². The van der Waals surface area contributed by atoms with Crippen molar-refractivity contribution in [2.24, 2.45) is 0 Å². The van der Waals surface area contributed by atoms with Crippen molar-refractivity contribution >= 4 is 51.9 Å². The minimum atomic E-state index is -1.15. The third-order valence-electron chi connectivity index (χ3n) is 3.43. The highest BCUT2D eigenvalue weighted by Crippen LogP contribution is 2.33. The lowest BCUT2D eigenvalue weighted by Crippen LogP contribution is -2.33. The lowest BCUT2D eigenvalue weighted by Gasteiger charge is -2.09. The number of non-ortho nitro benzene ring substituents is 1. The van der Waals surface area contributed by atoms with Crippen molar-refractivity contribution in [1.29, 1.82) is 0 Å². The Kier molecular flexibility index (Phi) is 4.87. The smallest absolute Gasteiger partial charge is 0.323 e. The second-order valence-corrected chi connectivity index (χ2v) is 6.84. The summed E-state index contributed by atoms with van der Waals surface area (Å²) in [6.45, 7) is -0.492. The zero-order valence-corrected chi connectivity index (χ0v) is 14.6. The van der Waals surface area contributed by atoms with Crippen molar-refractivity contribution in [1.82, 2.24) is 4.90 Å². The molecule has 1 saturated heterocycles. The van der Waals surface area contributed by atoms with Crippen LogP contribution in [0.3, 0.4) is 0 Å². The van der Waals surface area contributed by atoms with Gasteiger partial charge in [-0.25, -0.2) is 0 Å². The van der Waals surface area contributed by atoms with Gasteiger partial charge < -0.3 is 9.52 Å². The number of amides is 1. The number of nitrogens with zero attached hydrogens (tertiary/aromatic N) is 2. The Bertz CT molecular complexity index is 948. The minimum absolute atomic E-state index is 0.0253. The van der Waals surface area contributed by atoms with Gasteiger partial charge in [-0.15, -0.1) is 0 Å². The number of rotatable bonds is 5. The van der Waals surface area contributed by atoms with Crippen molar-refractivity contribution in [3.63, 3.8) is 0 Å². The number of carbonyl (C=O) groups is 2. The van der Waals surface area contributed by atoms with Gasteiger partial charge >= 0.3 is 5.97 Å². The molecule has 0 bridgehead atoms. The molecule has 132 valence electrons. The highest BCUT2D eigenvalue weighted by atomic mass is 32.2. The normalized spacial score (nSPS) is 15.7. The molecule has 1 fully saturated rings. The molecule has 8 nitrogen and oxygen atoms in total. The van der Waals surface area contributed by atoms with Gasteiger partial charge in [0.15, 0.2) is 0 Å². The van der Waals surface area contributed by atoms with Crippen molar-refractivity contribution in [2.45, 2.75) is 0 Å². The zero-order valence-electron chi connectivity index (χ0n) is 12.9. The summed E-state index contributed by atoms with van der Waals surface area (Å²) in [4.78, 5) is 34.5. The van der Waals surface area contributed by atoms with Crippen LogP contribution in [0.5, 0.6) is 0 Å². The number of carboxylic acid groups (broad SMARTS) is 1. The topological polar surface area (TPSA) is 114 Å². The van der Waals surface area contributed by atoms with E-state index in [4.69, 9.17) is 21.7 Å². The lowest BCUT2D eigenvalue weighted by molar-refractivity contribution is -0.384. The van der Waals surface area contributed by atoms with Crippen LogP contribution in [0.4, 0.5) is 5.69 Å². The van der Waals surface area contributed by atoms with Crippen molar-refractivity contribution < 1.29 is 24.0 Å². The lowest BCUT2D eigenvalue weighted by atomic mass is 10.1. The molecule has 0 saturated carbocycles. The van der Waals surface area contributed by atoms with Crippen LogP contribution in [0.25, 0.3) is 17.4 Å². The van der Waals surface area contributed by atoms with Crippen molar-refractivity contribution in [2.75, 3.05) is 6.54 Å². The standard InChI is InChI=1S/C16H10N2O6S2/c19-14(20)8-17-15(21)13(26-16(17)25)7-11-5-6-12(24-11)9-1-3-10(4-2-9)18(22)23/h1-7H,8H2,(H,19,20)/b13-7+. The maximum absolute atomic E-state index is 12.2. The van der Waals surface area contributed by atoms with Crippen LogP contribution in [0.15, 0.2) is 45.7 Å². The van der Waals surface area contributed by atoms with Gasteiger partial charge in [0.25, 0.3) is 11.6 Å². The van der Waals surface area contributed by atoms with Crippen LogP contribution in [0.1, 0.15) is 5.76 Å². The summed E-state index contributed by atoms with van der Waals surface area (Å²) in [5, 5.41) is 19.5. The van der Waals surface area contributed by atoms with E-state index in [2.05, 4.69) is 0 Å². The molecule has 1 aliphatic rings. The number of furan rings is 1. The number of thioether (sulfide) groups is 1. The van der Waals surface area contributed by atoms with E-state index in [1.54, 1.807) is 24.3 Å². The van der Waals surface area contributed by atoms with E-state index in [9.17, 15) is 19.7 Å². The van der Waals surface area contributed by atoms with E-state index < -0.39 is 23.3 Å². The number of carbonyl (C=O) groups excluding carboxylic acids is 1. The van der Waals surface area contributed by atoms with E-state index in [0.717, 1.165) is 16.7 Å². The van der Waals surface area contributed by atoms with Gasteiger partial charge in [-0.05, 0) is 24.3 Å². The molecule has 10 heteroatoms. The Labute approximate surface area is 156 Å². The predicted octanol–water partition coefficient (Wildman–Crippen LogP) is 3.14. The van der Waals surface area contributed by atoms with Gasteiger partial charge in [0.2, 0.25) is 0 Å². The van der Waals surface area contributed by atoms with E-state index in [-0.39, 0.29) is 14.9 Å². The Morgan fingerprint density at radius 2 is 2.00 bits per heavy atom. The van der Waals surface area contributed by atoms with Gasteiger partial charge in [-0.1, -0.05) is 24.0 Å². The highest BCUT2D eigenvalue weighted by Gasteiger charge is 2.33. The van der Waals surface area contributed by atoms with Crippen LogP contribution in [-0.4, -0.2) is 37.7 Å². The first kappa shape index (κ1) is 17.8. The van der Waals surface area contributed by atoms with Crippen molar-refractivity contribution in [3.05, 3.63) is 57.2 Å². The fourth-order valence-corrected chi connectivity index (χ4v) is 3.47. The predicted molar refractivity (Wildman–Crippen MR) is 98.3 cm³/mol. The fraction of sp³-hybridized carbons (Fsp3) is 0.0625. The van der Waals surface area contributed by atoms with Gasteiger partial charge in [-0.2, -0.15) is 0 Å². The summed E-state index contributed by atoms with van der Waals surface area (Å²) >= 11 is 6.02. The summed E-state index contributed by atoms with van der Waals surface area (Å²) in [5.41, 5.74) is 0.622. The first-order chi connectivity index (χ1) is 12.3. The Morgan fingerprint density at radius 3 is 2.62 bits per heavy atom. The van der Waals surface area contributed by atoms with E-state index in [1.165, 1.54) is 18.2 Å². The van der Waals surface area contributed by atoms with Crippen LogP contribution in [-0.2, 0) is 9.59 Å². The molecule has 0 aliphatic carbocycles. The average molecular weight is 390 g/mol. The maximum atomic E-state index is 12.2. The number of nitro groups is 1. The summed E-state index contributed by atoms with van der Waals surface area (Å²) in [7, 11) is 0. The molecular formula is C16H10N2O6S2. The number of aliphatic carboxylic acids is 1. The van der Waals surface area contributed by atoms with Gasteiger partial charge in [0, 0.05) is 23.8 Å². The van der Waals surface area contributed by atoms with E-state index >= 15 is 0 Å². The molecule has 1 aliphatic heterocycles. The summed E-state index contributed by atoms with van der Waals surface area (Å²) < 4.78 is 5.81. The largest absolute Gasteiger partial charge is 0.480 e. The first-order valence-electron chi connectivity index (χ1n) is 7.17. The zero-order chi connectivity index (χ0) is 18.8. The molecule has 1 aromatic carbocycles. The van der Waals surface area contributed by atoms with Crippen LogP contribution >= 0.6 is 24.0 Å². The molecule has 2 aromatic rings. The molecule has 26 heavy (non-hydrogen) atoms. The van der Waals surface area contributed by atoms with E-state index in [0.29, 0.717) is 17.1 Å². The van der Waals surface area contributed by atoms with E-state index in [1.807, 2.05) is 0 Å². The van der Waals surface area contributed by atoms with Crippen LogP contribution in [0, 0.1) is 10.1 Å². The second kappa shape index (κ2) is 7.10. The Morgan fingerprint density at radius 1 is 1.31 bits per heavy atom. The summed E-state index contributed by atoms with van der Waals surface area (Å²) in [6, 6.07) is 9.18. The fourth-order valence-electron chi connectivity index (χ4n) is 2.23. The number of thiocarbonyl (C=S) groups is 1. The van der Waals surface area contributed by atoms with Gasteiger partial charge in [-0.3, -0.25) is 24.6 Å². The molecule has 0 atom stereocenters. The molecule has 2 heterocycles. The molecule has 1 amide bonds. The second-order valence-electron chi connectivity index (χ2n) is 5.17. The van der Waals surface area contributed by atoms with Gasteiger partial charge in [0.1, 0.15) is 22.4 Å². The molecule has 0 unspecified atom stereocenters. The molecule has 1 N–H and O–H groups in total. The Hall–Kier alpha value is -2.98. The Balaban J connectivity index is 1.81. The maximum Gasteiger partial charge on any atom is 0.323 e. The highest BCUT2D eigenvalue weighted by molar-refractivity contribution is 8.26. The number of hydrogen-bond donors (Lipinski definition) is 1. The van der Waals surface area contributed by atoms with Gasteiger partial charge in [0.05, 0.1) is 9.83 Å². The van der Waals surface area contributed by atoms with Crippen LogP contribution < -0.4 is 0 Å². The summed E-state index contributed by atoms with van der Waals surface area (Å²) in [5.74, 6) is -0.780. The third-order valence-corrected chi connectivity index (χ3v) is 4.81. The SMILES string of the molecule is O=C(O)CN1C(=O)/C(=C\c2ccc(-c3ccc([N+](=O)[O-])cc3)o2)SC1=S. The number of hydrogen-bond acceptors (Lipinski definition) is 7. The molecule has 1 aromatic heterocycles. The molecule has 0 spiro atoms. The van der Waals surface area contributed by atoms with Crippen molar-refractivity contribution in [3.8, 4) is 11.3 Å². The monoisotopic (exact) mass is 390 g/mol. The summed E-state index contributed by atoms with van der Waals surface area (Å²) in [6.07, 6.45) is 1.48. The minimum Gasteiger partial charge on any atom is -0.480 e. The third kappa shape index (κ3) is 3.65. The molecular weight excluding hydrogens is 380 g/mol. The average Bonchev–Trinajstić information content (AvgIpc) is 3.15. The number of benzene rings is 1. The number of carboxylic acids is 1.